The Labute approximate surface area is 200 Å². The van der Waals surface area contributed by atoms with Crippen LogP contribution in [0.4, 0.5) is 0 Å². The quantitative estimate of drug-likeness (QED) is 0.243. The Bertz CT molecular complexity index is 1300. The van der Waals surface area contributed by atoms with Gasteiger partial charge in [0.1, 0.15) is 11.5 Å². The number of nitrogens with zero attached hydrogens (tertiary/aromatic N) is 1. The summed E-state index contributed by atoms with van der Waals surface area (Å²) in [5, 5.41) is 21.5. The van der Waals surface area contributed by atoms with Gasteiger partial charge in [-0.15, -0.1) is 0 Å². The molecule has 2 N–H and O–H groups in total. The minimum atomic E-state index is -0.942. The predicted octanol–water partition coefficient (Wildman–Crippen LogP) is 4.45. The van der Waals surface area contributed by atoms with Crippen LogP contribution in [0.25, 0.3) is 5.76 Å². The van der Waals surface area contributed by atoms with E-state index in [1.165, 1.54) is 24.1 Å². The summed E-state index contributed by atoms with van der Waals surface area (Å²) in [6.45, 7) is 0.0315. The SMILES string of the molecule is COC(=O)c1ccc(CN2C(=O)C(=O)/C(=C(/O)c3ccc(Cl)cc3)C2c2cccc(O)c2)cc1. The highest BCUT2D eigenvalue weighted by Gasteiger charge is 2.46. The number of aliphatic hydroxyl groups is 1. The number of Topliss-reactive ketones (excluding diaryl/α,β-unsaturated/α-hetero) is 1. The van der Waals surface area contributed by atoms with Crippen molar-refractivity contribution in [1.29, 1.82) is 0 Å². The lowest BCUT2D eigenvalue weighted by atomic mass is 9.95. The van der Waals surface area contributed by atoms with Crippen molar-refractivity contribution in [2.45, 2.75) is 12.6 Å². The summed E-state index contributed by atoms with van der Waals surface area (Å²) < 4.78 is 4.70. The number of methoxy groups -OCH3 is 1. The van der Waals surface area contributed by atoms with Crippen molar-refractivity contribution in [1.82, 2.24) is 4.90 Å². The second-order valence-corrected chi connectivity index (χ2v) is 8.15. The number of carbonyl (C=O) groups excluding carboxylic acids is 3. The van der Waals surface area contributed by atoms with Crippen LogP contribution < -0.4 is 0 Å². The largest absolute Gasteiger partial charge is 0.508 e. The van der Waals surface area contributed by atoms with Crippen molar-refractivity contribution in [2.24, 2.45) is 0 Å². The maximum atomic E-state index is 13.1. The number of benzene rings is 3. The molecule has 34 heavy (non-hydrogen) atoms. The smallest absolute Gasteiger partial charge is 0.337 e. The van der Waals surface area contributed by atoms with E-state index in [0.29, 0.717) is 27.3 Å². The molecule has 0 spiro atoms. The summed E-state index contributed by atoms with van der Waals surface area (Å²) in [7, 11) is 1.28. The highest BCUT2D eigenvalue weighted by atomic mass is 35.5. The summed E-state index contributed by atoms with van der Waals surface area (Å²) in [4.78, 5) is 39.2. The number of amides is 1. The molecule has 1 fully saturated rings. The zero-order valence-corrected chi connectivity index (χ0v) is 18.8. The van der Waals surface area contributed by atoms with Crippen LogP contribution in [0, 0.1) is 0 Å². The number of aromatic hydroxyl groups is 1. The molecule has 1 atom stereocenters. The van der Waals surface area contributed by atoms with E-state index in [1.807, 2.05) is 0 Å². The fourth-order valence-corrected chi connectivity index (χ4v) is 4.03. The second kappa shape index (κ2) is 9.41. The van der Waals surface area contributed by atoms with Crippen molar-refractivity contribution in [3.8, 4) is 5.75 Å². The third kappa shape index (κ3) is 4.38. The van der Waals surface area contributed by atoms with E-state index in [4.69, 9.17) is 16.3 Å². The molecule has 1 saturated heterocycles. The zero-order chi connectivity index (χ0) is 24.4. The molecule has 3 aromatic carbocycles. The van der Waals surface area contributed by atoms with Gasteiger partial charge in [-0.2, -0.15) is 0 Å². The Kier molecular flexibility index (Phi) is 6.38. The second-order valence-electron chi connectivity index (χ2n) is 7.72. The summed E-state index contributed by atoms with van der Waals surface area (Å²) in [6.07, 6.45) is 0. The van der Waals surface area contributed by atoms with Crippen molar-refractivity contribution < 1.29 is 29.3 Å². The van der Waals surface area contributed by atoms with Gasteiger partial charge < -0.3 is 19.8 Å². The molecule has 0 aromatic heterocycles. The number of likely N-dealkylation sites (tertiary alicyclic amines) is 1. The minimum absolute atomic E-state index is 0.0315. The van der Waals surface area contributed by atoms with Crippen LogP contribution in [0.15, 0.2) is 78.4 Å². The topological polar surface area (TPSA) is 104 Å². The average molecular weight is 478 g/mol. The van der Waals surface area contributed by atoms with Crippen molar-refractivity contribution in [3.63, 3.8) is 0 Å². The average Bonchev–Trinajstić information content (AvgIpc) is 3.09. The Morgan fingerprint density at radius 2 is 1.65 bits per heavy atom. The Balaban J connectivity index is 1.79. The van der Waals surface area contributed by atoms with E-state index in [1.54, 1.807) is 60.7 Å². The van der Waals surface area contributed by atoms with E-state index in [0.717, 1.165) is 0 Å². The molecule has 0 saturated carbocycles. The van der Waals surface area contributed by atoms with Gasteiger partial charge >= 0.3 is 5.97 Å². The fraction of sp³-hybridized carbons (Fsp3) is 0.115. The summed E-state index contributed by atoms with van der Waals surface area (Å²) in [6, 6.07) is 17.9. The molecule has 0 radical (unpaired) electrons. The summed E-state index contributed by atoms with van der Waals surface area (Å²) in [5.74, 6) is -2.51. The lowest BCUT2D eigenvalue weighted by molar-refractivity contribution is -0.140. The monoisotopic (exact) mass is 477 g/mol. The van der Waals surface area contributed by atoms with Crippen LogP contribution in [0.1, 0.15) is 33.1 Å². The number of hydrogen-bond donors (Lipinski definition) is 2. The van der Waals surface area contributed by atoms with Gasteiger partial charge in [-0.05, 0) is 59.7 Å². The maximum Gasteiger partial charge on any atom is 0.337 e. The Morgan fingerprint density at radius 1 is 1.00 bits per heavy atom. The molecule has 1 amide bonds. The Morgan fingerprint density at radius 3 is 2.26 bits per heavy atom. The third-order valence-corrected chi connectivity index (χ3v) is 5.82. The number of rotatable bonds is 5. The molecule has 4 rings (SSSR count). The Hall–Kier alpha value is -4.10. The van der Waals surface area contributed by atoms with Gasteiger partial charge in [0.05, 0.1) is 24.3 Å². The molecule has 1 aliphatic rings. The molecule has 8 heteroatoms. The number of aliphatic hydroxyl groups excluding tert-OH is 1. The van der Waals surface area contributed by atoms with Crippen LogP contribution in [0.5, 0.6) is 5.75 Å². The molecule has 1 unspecified atom stereocenters. The highest BCUT2D eigenvalue weighted by molar-refractivity contribution is 6.46. The van der Waals surface area contributed by atoms with Crippen molar-refractivity contribution in [2.75, 3.05) is 7.11 Å². The lowest BCUT2D eigenvalue weighted by Gasteiger charge is -2.25. The van der Waals surface area contributed by atoms with Crippen molar-refractivity contribution >= 4 is 35.0 Å². The molecule has 172 valence electrons. The number of ketones is 1. The van der Waals surface area contributed by atoms with Crippen molar-refractivity contribution in [3.05, 3.63) is 106 Å². The van der Waals surface area contributed by atoms with E-state index in [-0.39, 0.29) is 23.6 Å². The molecule has 3 aromatic rings. The molecule has 7 nitrogen and oxygen atoms in total. The van der Waals surface area contributed by atoms with Gasteiger partial charge in [0, 0.05) is 17.1 Å². The van der Waals surface area contributed by atoms with Gasteiger partial charge in [0.25, 0.3) is 11.7 Å². The van der Waals surface area contributed by atoms with Gasteiger partial charge in [-0.25, -0.2) is 4.79 Å². The first-order chi connectivity index (χ1) is 16.3. The number of carbonyl (C=O) groups is 3. The number of esters is 1. The third-order valence-electron chi connectivity index (χ3n) is 5.57. The number of phenols is 1. The zero-order valence-electron chi connectivity index (χ0n) is 18.1. The van der Waals surface area contributed by atoms with Crippen LogP contribution >= 0.6 is 11.6 Å². The van der Waals surface area contributed by atoms with Gasteiger partial charge in [0.2, 0.25) is 0 Å². The van der Waals surface area contributed by atoms with E-state index in [2.05, 4.69) is 0 Å². The number of phenolic OH excluding ortho intramolecular Hbond substituents is 1. The standard InChI is InChI=1S/C26H20ClNO6/c1-34-26(33)17-7-5-15(6-8-17)14-28-22(18-3-2-4-20(29)13-18)21(24(31)25(28)32)23(30)16-9-11-19(27)12-10-16/h2-13,22,29-30H,14H2,1H3/b23-21+. The maximum absolute atomic E-state index is 13.1. The van der Waals surface area contributed by atoms with Crippen LogP contribution in [-0.4, -0.2) is 39.9 Å². The van der Waals surface area contributed by atoms with Crippen LogP contribution in [-0.2, 0) is 20.9 Å². The van der Waals surface area contributed by atoms with E-state index >= 15 is 0 Å². The molecular weight excluding hydrogens is 458 g/mol. The van der Waals surface area contributed by atoms with E-state index in [9.17, 15) is 24.6 Å². The van der Waals surface area contributed by atoms with Crippen LogP contribution in [0.3, 0.4) is 0 Å². The summed E-state index contributed by atoms with van der Waals surface area (Å²) >= 11 is 5.94. The first-order valence-corrected chi connectivity index (χ1v) is 10.7. The molecule has 1 aliphatic heterocycles. The minimum Gasteiger partial charge on any atom is -0.508 e. The first kappa shape index (κ1) is 23.1. The number of hydrogen-bond acceptors (Lipinski definition) is 6. The van der Waals surface area contributed by atoms with Gasteiger partial charge in [0.15, 0.2) is 0 Å². The highest BCUT2D eigenvalue weighted by Crippen LogP contribution is 2.41. The molecule has 1 heterocycles. The molecule has 0 aliphatic carbocycles. The van der Waals surface area contributed by atoms with E-state index < -0.39 is 23.7 Å². The fourth-order valence-electron chi connectivity index (χ4n) is 3.91. The lowest BCUT2D eigenvalue weighted by Crippen LogP contribution is -2.29. The first-order valence-electron chi connectivity index (χ1n) is 10.3. The predicted molar refractivity (Wildman–Crippen MR) is 125 cm³/mol. The molecule has 0 bridgehead atoms. The normalized spacial score (nSPS) is 17.1. The van der Waals surface area contributed by atoms with Crippen LogP contribution in [0.2, 0.25) is 5.02 Å². The van der Waals surface area contributed by atoms with Gasteiger partial charge in [-0.1, -0.05) is 35.9 Å². The number of halogens is 1. The van der Waals surface area contributed by atoms with Gasteiger partial charge in [-0.3, -0.25) is 9.59 Å². The molecular formula is C26H20ClNO6. The summed E-state index contributed by atoms with van der Waals surface area (Å²) in [5.41, 5.74) is 1.70. The number of ether oxygens (including phenoxy) is 1.